The fraction of sp³-hybridized carbons (Fsp3) is 0.316. The summed E-state index contributed by atoms with van der Waals surface area (Å²) in [7, 11) is 0. The largest absolute Gasteiger partial charge is 0.489 e. The zero-order chi connectivity index (χ0) is 17.1. The quantitative estimate of drug-likeness (QED) is 0.862. The molecule has 0 unspecified atom stereocenters. The molecule has 24 heavy (non-hydrogen) atoms. The van der Waals surface area contributed by atoms with Crippen molar-refractivity contribution in [3.8, 4) is 11.5 Å². The van der Waals surface area contributed by atoms with Gasteiger partial charge in [0.25, 0.3) is 5.91 Å². The highest BCUT2D eigenvalue weighted by Crippen LogP contribution is 2.38. The van der Waals surface area contributed by atoms with E-state index in [4.69, 9.17) is 21.1 Å². The van der Waals surface area contributed by atoms with Crippen LogP contribution in [0.1, 0.15) is 42.1 Å². The molecule has 0 fully saturated rings. The zero-order valence-corrected chi connectivity index (χ0v) is 14.5. The van der Waals surface area contributed by atoms with Crippen LogP contribution in [-0.2, 0) is 0 Å². The van der Waals surface area contributed by atoms with Crippen molar-refractivity contribution in [2.75, 3.05) is 18.5 Å². The first kappa shape index (κ1) is 16.7. The summed E-state index contributed by atoms with van der Waals surface area (Å²) in [5.74, 6) is 1.12. The molecule has 1 heterocycles. The van der Waals surface area contributed by atoms with Crippen LogP contribution < -0.4 is 14.8 Å². The lowest BCUT2D eigenvalue weighted by Crippen LogP contribution is -2.14. The molecule has 5 heteroatoms. The molecule has 1 aliphatic heterocycles. The molecule has 1 amide bonds. The highest BCUT2D eigenvalue weighted by molar-refractivity contribution is 6.32. The predicted molar refractivity (Wildman–Crippen MR) is 95.5 cm³/mol. The van der Waals surface area contributed by atoms with Gasteiger partial charge in [-0.15, -0.1) is 0 Å². The molecule has 0 radical (unpaired) electrons. The third-order valence-electron chi connectivity index (χ3n) is 3.90. The maximum atomic E-state index is 12.6. The first-order chi connectivity index (χ1) is 11.6. The SMILES string of the molecule is CC(C)c1ccccc1NC(=O)c1cc(Cl)c2c(c1)OCCCO2. The van der Waals surface area contributed by atoms with Crippen molar-refractivity contribution in [1.29, 1.82) is 0 Å². The molecular formula is C19H20ClNO3. The third-order valence-corrected chi connectivity index (χ3v) is 4.18. The lowest BCUT2D eigenvalue weighted by Gasteiger charge is -2.15. The topological polar surface area (TPSA) is 47.6 Å². The van der Waals surface area contributed by atoms with E-state index in [0.29, 0.717) is 41.2 Å². The van der Waals surface area contributed by atoms with E-state index in [1.165, 1.54) is 0 Å². The molecule has 126 valence electrons. The minimum atomic E-state index is -0.222. The number of carbonyl (C=O) groups is 1. The van der Waals surface area contributed by atoms with Gasteiger partial charge in [0.05, 0.1) is 18.2 Å². The maximum Gasteiger partial charge on any atom is 0.255 e. The van der Waals surface area contributed by atoms with Gasteiger partial charge in [0.1, 0.15) is 0 Å². The summed E-state index contributed by atoms with van der Waals surface area (Å²) in [5.41, 5.74) is 2.34. The zero-order valence-electron chi connectivity index (χ0n) is 13.8. The second-order valence-electron chi connectivity index (χ2n) is 6.03. The molecule has 0 aliphatic carbocycles. The molecule has 4 nitrogen and oxygen atoms in total. The number of amides is 1. The first-order valence-electron chi connectivity index (χ1n) is 8.05. The Labute approximate surface area is 146 Å². The van der Waals surface area contributed by atoms with Gasteiger partial charge in [-0.05, 0) is 29.7 Å². The van der Waals surface area contributed by atoms with Crippen molar-refractivity contribution in [3.63, 3.8) is 0 Å². The minimum absolute atomic E-state index is 0.222. The van der Waals surface area contributed by atoms with E-state index >= 15 is 0 Å². The standard InChI is InChI=1S/C19H20ClNO3/c1-12(2)14-6-3-4-7-16(14)21-19(22)13-10-15(20)18-17(11-13)23-8-5-9-24-18/h3-4,6-7,10-12H,5,8-9H2,1-2H3,(H,21,22). The number of hydrogen-bond donors (Lipinski definition) is 1. The first-order valence-corrected chi connectivity index (χ1v) is 8.43. The number of halogens is 1. The number of carbonyl (C=O) groups excluding carboxylic acids is 1. The van der Waals surface area contributed by atoms with E-state index in [-0.39, 0.29) is 5.91 Å². The van der Waals surface area contributed by atoms with E-state index < -0.39 is 0 Å². The molecule has 0 spiro atoms. The van der Waals surface area contributed by atoms with Crippen LogP contribution in [0.15, 0.2) is 36.4 Å². The number of anilines is 1. The normalized spacial score (nSPS) is 13.5. The van der Waals surface area contributed by atoms with Crippen molar-refractivity contribution in [2.45, 2.75) is 26.2 Å². The fourth-order valence-corrected chi connectivity index (χ4v) is 2.94. The van der Waals surface area contributed by atoms with Gasteiger partial charge in [0.15, 0.2) is 11.5 Å². The van der Waals surface area contributed by atoms with Crippen LogP contribution in [0, 0.1) is 0 Å². The minimum Gasteiger partial charge on any atom is -0.489 e. The average Bonchev–Trinajstić information content (AvgIpc) is 2.81. The Bertz CT molecular complexity index is 758. The summed E-state index contributed by atoms with van der Waals surface area (Å²) >= 11 is 6.26. The van der Waals surface area contributed by atoms with E-state index in [1.54, 1.807) is 12.1 Å². The van der Waals surface area contributed by atoms with Crippen LogP contribution in [0.5, 0.6) is 11.5 Å². The fourth-order valence-electron chi connectivity index (χ4n) is 2.67. The van der Waals surface area contributed by atoms with E-state index in [2.05, 4.69) is 19.2 Å². The van der Waals surface area contributed by atoms with Crippen LogP contribution in [-0.4, -0.2) is 19.1 Å². The number of hydrogen-bond acceptors (Lipinski definition) is 3. The van der Waals surface area contributed by atoms with Crippen LogP contribution in [0.25, 0.3) is 0 Å². The summed E-state index contributed by atoms with van der Waals surface area (Å²) in [5, 5.41) is 3.35. The van der Waals surface area contributed by atoms with Crippen LogP contribution >= 0.6 is 11.6 Å². The number of nitrogens with one attached hydrogen (secondary N) is 1. The second-order valence-corrected chi connectivity index (χ2v) is 6.44. The van der Waals surface area contributed by atoms with Crippen molar-refractivity contribution in [3.05, 3.63) is 52.5 Å². The van der Waals surface area contributed by atoms with Gasteiger partial charge in [-0.1, -0.05) is 43.6 Å². The summed E-state index contributed by atoms with van der Waals surface area (Å²) < 4.78 is 11.2. The van der Waals surface area contributed by atoms with Gasteiger partial charge in [-0.3, -0.25) is 4.79 Å². The highest BCUT2D eigenvalue weighted by atomic mass is 35.5. The molecule has 1 N–H and O–H groups in total. The number of benzene rings is 2. The summed E-state index contributed by atoms with van der Waals surface area (Å²) in [6.07, 6.45) is 0.786. The van der Waals surface area contributed by atoms with Crippen molar-refractivity contribution < 1.29 is 14.3 Å². The number of para-hydroxylation sites is 1. The maximum absolute atomic E-state index is 12.6. The molecule has 0 atom stereocenters. The van der Waals surface area contributed by atoms with E-state index in [1.807, 2.05) is 24.3 Å². The molecule has 3 rings (SSSR count). The smallest absolute Gasteiger partial charge is 0.255 e. The molecule has 0 saturated heterocycles. The molecule has 0 saturated carbocycles. The van der Waals surface area contributed by atoms with Gasteiger partial charge in [-0.2, -0.15) is 0 Å². The summed E-state index contributed by atoms with van der Waals surface area (Å²) in [6, 6.07) is 11.1. The van der Waals surface area contributed by atoms with Crippen molar-refractivity contribution >= 4 is 23.2 Å². The summed E-state index contributed by atoms with van der Waals surface area (Å²) in [4.78, 5) is 12.6. The van der Waals surface area contributed by atoms with Gasteiger partial charge in [0, 0.05) is 17.7 Å². The van der Waals surface area contributed by atoms with Gasteiger partial charge < -0.3 is 14.8 Å². The number of ether oxygens (including phenoxy) is 2. The number of rotatable bonds is 3. The Morgan fingerprint density at radius 1 is 1.17 bits per heavy atom. The molecule has 2 aromatic carbocycles. The van der Waals surface area contributed by atoms with Crippen molar-refractivity contribution in [1.82, 2.24) is 0 Å². The lowest BCUT2D eigenvalue weighted by molar-refractivity contribution is 0.102. The van der Waals surface area contributed by atoms with Gasteiger partial charge in [0.2, 0.25) is 0 Å². The van der Waals surface area contributed by atoms with Crippen LogP contribution in [0.2, 0.25) is 5.02 Å². The van der Waals surface area contributed by atoms with Crippen LogP contribution in [0.3, 0.4) is 0 Å². The van der Waals surface area contributed by atoms with E-state index in [0.717, 1.165) is 17.7 Å². The Kier molecular flexibility index (Phi) is 4.95. The molecule has 2 aromatic rings. The monoisotopic (exact) mass is 345 g/mol. The molecule has 0 aromatic heterocycles. The lowest BCUT2D eigenvalue weighted by atomic mass is 10.0. The van der Waals surface area contributed by atoms with Gasteiger partial charge >= 0.3 is 0 Å². The second kappa shape index (κ2) is 7.14. The van der Waals surface area contributed by atoms with Crippen LogP contribution in [0.4, 0.5) is 5.69 Å². The molecule has 1 aliphatic rings. The Morgan fingerprint density at radius 3 is 2.71 bits per heavy atom. The predicted octanol–water partition coefficient (Wildman–Crippen LogP) is 4.88. The summed E-state index contributed by atoms with van der Waals surface area (Å²) in [6.45, 7) is 5.29. The third kappa shape index (κ3) is 3.49. The molecular weight excluding hydrogens is 326 g/mol. The Morgan fingerprint density at radius 2 is 1.92 bits per heavy atom. The van der Waals surface area contributed by atoms with Crippen molar-refractivity contribution in [2.24, 2.45) is 0 Å². The highest BCUT2D eigenvalue weighted by Gasteiger charge is 2.19. The Balaban J connectivity index is 1.89. The molecule has 0 bridgehead atoms. The average molecular weight is 346 g/mol. The Hall–Kier alpha value is -2.20. The van der Waals surface area contributed by atoms with Gasteiger partial charge in [-0.25, -0.2) is 0 Å². The number of fused-ring (bicyclic) bond motifs is 1. The van der Waals surface area contributed by atoms with E-state index in [9.17, 15) is 4.79 Å².